The first kappa shape index (κ1) is 14.8. The molecule has 1 aromatic heterocycles. The fraction of sp³-hybridized carbons (Fsp3) is 0.769. The number of carbonyl (C=O) groups excluding carboxylic acids is 1. The van der Waals surface area contributed by atoms with Crippen LogP contribution in [0.3, 0.4) is 0 Å². The van der Waals surface area contributed by atoms with E-state index in [2.05, 4.69) is 20.5 Å². The number of hydrogen-bond acceptors (Lipinski definition) is 5. The average Bonchev–Trinajstić information content (AvgIpc) is 2.90. The van der Waals surface area contributed by atoms with Gasteiger partial charge in [0.1, 0.15) is 11.9 Å². The summed E-state index contributed by atoms with van der Waals surface area (Å²) in [7, 11) is 0. The molecular formula is C13H22N4O3. The molecule has 1 saturated carbocycles. The Morgan fingerprint density at radius 3 is 2.85 bits per heavy atom. The molecule has 1 amide bonds. The van der Waals surface area contributed by atoms with Gasteiger partial charge in [-0.3, -0.25) is 5.10 Å². The summed E-state index contributed by atoms with van der Waals surface area (Å²) in [6, 6.07) is -0.640. The minimum Gasteiger partial charge on any atom is -0.449 e. The van der Waals surface area contributed by atoms with Crippen molar-refractivity contribution >= 4 is 6.09 Å². The van der Waals surface area contributed by atoms with Gasteiger partial charge in [0.25, 0.3) is 0 Å². The molecule has 20 heavy (non-hydrogen) atoms. The fourth-order valence-electron chi connectivity index (χ4n) is 2.44. The fourth-order valence-corrected chi connectivity index (χ4v) is 2.44. The number of nitrogens with one attached hydrogen (secondary N) is 2. The van der Waals surface area contributed by atoms with Gasteiger partial charge >= 0.3 is 6.09 Å². The van der Waals surface area contributed by atoms with Crippen LogP contribution in [-0.4, -0.2) is 39.6 Å². The number of aryl methyl sites for hydroxylation is 1. The Balaban J connectivity index is 1.77. The van der Waals surface area contributed by atoms with Crippen molar-refractivity contribution in [1.82, 2.24) is 20.5 Å². The van der Waals surface area contributed by atoms with Crippen molar-refractivity contribution in [1.29, 1.82) is 0 Å². The lowest BCUT2D eigenvalue weighted by atomic mass is 9.90. The molecule has 1 aromatic rings. The minimum absolute atomic E-state index is 0.268. The first-order valence-corrected chi connectivity index (χ1v) is 7.12. The average molecular weight is 282 g/mol. The predicted octanol–water partition coefficient (Wildman–Crippen LogP) is 1.45. The number of aliphatic hydroxyl groups is 1. The predicted molar refractivity (Wildman–Crippen MR) is 72.0 cm³/mol. The van der Waals surface area contributed by atoms with E-state index in [1.807, 2.05) is 0 Å². The second-order valence-electron chi connectivity index (χ2n) is 5.26. The highest BCUT2D eigenvalue weighted by Gasteiger charge is 2.20. The summed E-state index contributed by atoms with van der Waals surface area (Å²) in [4.78, 5) is 15.8. The molecule has 0 aliphatic heterocycles. The lowest BCUT2D eigenvalue weighted by Crippen LogP contribution is -2.33. The first-order valence-electron chi connectivity index (χ1n) is 7.12. The summed E-state index contributed by atoms with van der Waals surface area (Å²) in [5, 5.41) is 18.5. The van der Waals surface area contributed by atoms with Gasteiger partial charge in [-0.1, -0.05) is 19.3 Å². The van der Waals surface area contributed by atoms with E-state index in [1.165, 1.54) is 19.3 Å². The highest BCUT2D eigenvalue weighted by Crippen LogP contribution is 2.23. The Hall–Kier alpha value is -1.63. The zero-order valence-electron chi connectivity index (χ0n) is 11.8. The van der Waals surface area contributed by atoms with Crippen LogP contribution in [0.5, 0.6) is 0 Å². The maximum Gasteiger partial charge on any atom is 0.407 e. The molecule has 0 saturated heterocycles. The zero-order chi connectivity index (χ0) is 14.4. The highest BCUT2D eigenvalue weighted by molar-refractivity contribution is 5.67. The third-order valence-corrected chi connectivity index (χ3v) is 3.58. The SMILES string of the molecule is Cc1nc([C@@H](CO)NC(=O)OCC2CCCCC2)n[nH]1. The largest absolute Gasteiger partial charge is 0.449 e. The maximum absolute atomic E-state index is 11.7. The second kappa shape index (κ2) is 7.23. The van der Waals surface area contributed by atoms with E-state index in [0.717, 1.165) is 12.8 Å². The lowest BCUT2D eigenvalue weighted by molar-refractivity contribution is 0.108. The number of aromatic nitrogens is 3. The lowest BCUT2D eigenvalue weighted by Gasteiger charge is -2.21. The molecule has 0 unspecified atom stereocenters. The van der Waals surface area contributed by atoms with Crippen molar-refractivity contribution in [3.8, 4) is 0 Å². The van der Waals surface area contributed by atoms with Crippen LogP contribution in [0.1, 0.15) is 49.8 Å². The van der Waals surface area contributed by atoms with Crippen LogP contribution >= 0.6 is 0 Å². The van der Waals surface area contributed by atoms with Crippen LogP contribution < -0.4 is 5.32 Å². The standard InChI is InChI=1S/C13H22N4O3/c1-9-14-12(17-16-9)11(7-18)15-13(19)20-8-10-5-3-2-4-6-10/h10-11,18H,2-8H2,1H3,(H,15,19)(H,14,16,17)/t11-/m1/s1. The Morgan fingerprint density at radius 2 is 2.25 bits per heavy atom. The quantitative estimate of drug-likeness (QED) is 0.759. The van der Waals surface area contributed by atoms with Crippen molar-refractivity contribution in [2.24, 2.45) is 5.92 Å². The number of rotatable bonds is 5. The van der Waals surface area contributed by atoms with Gasteiger partial charge < -0.3 is 15.2 Å². The number of aromatic amines is 1. The van der Waals surface area contributed by atoms with E-state index in [-0.39, 0.29) is 6.61 Å². The molecule has 2 rings (SSSR count). The first-order chi connectivity index (χ1) is 9.69. The minimum atomic E-state index is -0.640. The van der Waals surface area contributed by atoms with E-state index in [0.29, 0.717) is 24.2 Å². The molecule has 7 nitrogen and oxygen atoms in total. The Kier molecular flexibility index (Phi) is 5.34. The number of hydrogen-bond donors (Lipinski definition) is 3. The monoisotopic (exact) mass is 282 g/mol. The van der Waals surface area contributed by atoms with E-state index in [4.69, 9.17) is 4.74 Å². The Labute approximate surface area is 118 Å². The van der Waals surface area contributed by atoms with Gasteiger partial charge in [-0.25, -0.2) is 9.78 Å². The van der Waals surface area contributed by atoms with Crippen LogP contribution in [-0.2, 0) is 4.74 Å². The van der Waals surface area contributed by atoms with Crippen molar-refractivity contribution in [2.45, 2.75) is 45.1 Å². The van der Waals surface area contributed by atoms with Gasteiger partial charge in [0.05, 0.1) is 13.2 Å². The van der Waals surface area contributed by atoms with E-state index in [1.54, 1.807) is 6.92 Å². The third kappa shape index (κ3) is 4.19. The number of H-pyrrole nitrogens is 1. The Morgan fingerprint density at radius 1 is 1.50 bits per heavy atom. The number of alkyl carbamates (subject to hydrolysis) is 1. The molecule has 0 spiro atoms. The number of nitrogens with zero attached hydrogens (tertiary/aromatic N) is 2. The van der Waals surface area contributed by atoms with Gasteiger partial charge in [-0.05, 0) is 25.7 Å². The van der Waals surface area contributed by atoms with Gasteiger partial charge in [-0.2, -0.15) is 5.10 Å². The second-order valence-corrected chi connectivity index (χ2v) is 5.26. The van der Waals surface area contributed by atoms with Crippen molar-refractivity contribution < 1.29 is 14.6 Å². The molecule has 0 radical (unpaired) electrons. The highest BCUT2D eigenvalue weighted by atomic mass is 16.5. The van der Waals surface area contributed by atoms with Crippen LogP contribution in [0.2, 0.25) is 0 Å². The van der Waals surface area contributed by atoms with Gasteiger partial charge in [0.15, 0.2) is 5.82 Å². The van der Waals surface area contributed by atoms with Crippen LogP contribution in [0.15, 0.2) is 0 Å². The molecule has 1 atom stereocenters. The molecule has 112 valence electrons. The van der Waals surface area contributed by atoms with E-state index in [9.17, 15) is 9.90 Å². The van der Waals surface area contributed by atoms with Crippen molar-refractivity contribution in [2.75, 3.05) is 13.2 Å². The molecule has 1 aliphatic carbocycles. The number of aliphatic hydroxyl groups excluding tert-OH is 1. The topological polar surface area (TPSA) is 100 Å². The smallest absolute Gasteiger partial charge is 0.407 e. The van der Waals surface area contributed by atoms with E-state index < -0.39 is 12.1 Å². The summed E-state index contributed by atoms with van der Waals surface area (Å²) in [5.41, 5.74) is 0. The molecule has 1 aliphatic rings. The van der Waals surface area contributed by atoms with Crippen LogP contribution in [0.4, 0.5) is 4.79 Å². The molecule has 0 bridgehead atoms. The molecule has 1 fully saturated rings. The number of amides is 1. The molecule has 3 N–H and O–H groups in total. The molecular weight excluding hydrogens is 260 g/mol. The van der Waals surface area contributed by atoms with Crippen molar-refractivity contribution in [3.63, 3.8) is 0 Å². The number of ether oxygens (including phenoxy) is 1. The summed E-state index contributed by atoms with van der Waals surface area (Å²) in [6.45, 7) is 1.93. The van der Waals surface area contributed by atoms with Gasteiger partial charge in [0, 0.05) is 0 Å². The summed E-state index contributed by atoms with van der Waals surface area (Å²) in [5.74, 6) is 1.46. The normalized spacial score (nSPS) is 17.7. The summed E-state index contributed by atoms with van der Waals surface area (Å²) >= 11 is 0. The maximum atomic E-state index is 11.7. The molecule has 7 heteroatoms. The van der Waals surface area contributed by atoms with Crippen molar-refractivity contribution in [3.05, 3.63) is 11.6 Å². The van der Waals surface area contributed by atoms with Crippen LogP contribution in [0, 0.1) is 12.8 Å². The van der Waals surface area contributed by atoms with Gasteiger partial charge in [-0.15, -0.1) is 0 Å². The summed E-state index contributed by atoms with van der Waals surface area (Å²) < 4.78 is 5.22. The zero-order valence-corrected chi connectivity index (χ0v) is 11.8. The van der Waals surface area contributed by atoms with Crippen LogP contribution in [0.25, 0.3) is 0 Å². The molecule has 0 aromatic carbocycles. The Bertz CT molecular complexity index is 429. The molecule has 1 heterocycles. The third-order valence-electron chi connectivity index (χ3n) is 3.58. The van der Waals surface area contributed by atoms with E-state index >= 15 is 0 Å². The number of carbonyl (C=O) groups is 1. The van der Waals surface area contributed by atoms with Gasteiger partial charge in [0.2, 0.25) is 0 Å². The summed E-state index contributed by atoms with van der Waals surface area (Å²) in [6.07, 6.45) is 5.42.